The number of carbonyl (C=O) groups is 1. The molecule has 1 amide bonds. The Morgan fingerprint density at radius 1 is 1.62 bits per heavy atom. The predicted molar refractivity (Wildman–Crippen MR) is 69.8 cm³/mol. The minimum atomic E-state index is 0.00280. The van der Waals surface area contributed by atoms with Gasteiger partial charge in [0, 0.05) is 18.3 Å². The Morgan fingerprint density at radius 3 is 3.00 bits per heavy atom. The number of hydrogen-bond donors (Lipinski definition) is 2. The molecule has 0 saturated carbocycles. The first-order valence-corrected chi connectivity index (χ1v) is 6.82. The van der Waals surface area contributed by atoms with Crippen molar-refractivity contribution in [2.45, 2.75) is 33.2 Å². The molecule has 2 N–H and O–H groups in total. The summed E-state index contributed by atoms with van der Waals surface area (Å²) >= 11 is 1.70. The smallest absolute Gasteiger partial charge is 0.241 e. The van der Waals surface area contributed by atoms with Gasteiger partial charge < -0.3 is 10.6 Å². The molecule has 1 aliphatic rings. The van der Waals surface area contributed by atoms with Gasteiger partial charge in [-0.05, 0) is 19.3 Å². The maximum atomic E-state index is 11.3. The molecule has 1 rings (SSSR count). The Balaban J connectivity index is 2.32. The predicted octanol–water partition coefficient (Wildman–Crippen LogP) is 1.23. The van der Waals surface area contributed by atoms with E-state index in [0.29, 0.717) is 12.0 Å². The zero-order chi connectivity index (χ0) is 12.0. The largest absolute Gasteiger partial charge is 0.362 e. The van der Waals surface area contributed by atoms with Crippen molar-refractivity contribution in [3.8, 4) is 0 Å². The van der Waals surface area contributed by atoms with Gasteiger partial charge in [-0.25, -0.2) is 0 Å². The van der Waals surface area contributed by atoms with E-state index in [0.717, 1.165) is 23.9 Å². The third-order valence-corrected chi connectivity index (χ3v) is 3.84. The normalized spacial score (nSPS) is 27.6. The van der Waals surface area contributed by atoms with Crippen molar-refractivity contribution in [1.29, 1.82) is 0 Å². The topological polar surface area (TPSA) is 53.5 Å². The van der Waals surface area contributed by atoms with Crippen molar-refractivity contribution in [2.75, 3.05) is 18.8 Å². The second kappa shape index (κ2) is 6.78. The highest BCUT2D eigenvalue weighted by atomic mass is 32.2. The maximum Gasteiger partial charge on any atom is 0.241 e. The van der Waals surface area contributed by atoms with E-state index in [1.165, 1.54) is 0 Å². The zero-order valence-corrected chi connectivity index (χ0v) is 11.1. The van der Waals surface area contributed by atoms with Gasteiger partial charge >= 0.3 is 0 Å². The standard InChI is InChI=1S/C11H21N3OS/c1-4-5-12-10(15)6-13-11-14-9(3)8(2)7-16-11/h8-9H,4-7H2,1-3H3,(H,12,15)(H,13,14). The highest BCUT2D eigenvalue weighted by Gasteiger charge is 2.20. The summed E-state index contributed by atoms with van der Waals surface area (Å²) < 4.78 is 0. The summed E-state index contributed by atoms with van der Waals surface area (Å²) in [5.74, 6) is 1.73. The van der Waals surface area contributed by atoms with E-state index in [-0.39, 0.29) is 12.5 Å². The number of nitrogens with one attached hydrogen (secondary N) is 2. The van der Waals surface area contributed by atoms with Crippen LogP contribution in [-0.2, 0) is 4.79 Å². The number of nitrogens with zero attached hydrogens (tertiary/aromatic N) is 1. The third kappa shape index (κ3) is 4.43. The first-order valence-electron chi connectivity index (χ1n) is 5.84. The minimum absolute atomic E-state index is 0.00280. The summed E-state index contributed by atoms with van der Waals surface area (Å²) in [7, 11) is 0. The summed E-state index contributed by atoms with van der Waals surface area (Å²) in [6.45, 7) is 7.37. The quantitative estimate of drug-likeness (QED) is 0.781. The van der Waals surface area contributed by atoms with E-state index >= 15 is 0 Å². The number of amidine groups is 1. The van der Waals surface area contributed by atoms with Gasteiger partial charge in [-0.15, -0.1) is 0 Å². The van der Waals surface area contributed by atoms with Crippen LogP contribution >= 0.6 is 11.8 Å². The average Bonchev–Trinajstić information content (AvgIpc) is 2.28. The lowest BCUT2D eigenvalue weighted by Crippen LogP contribution is -2.41. The molecule has 0 aromatic heterocycles. The molecule has 0 aliphatic carbocycles. The van der Waals surface area contributed by atoms with Gasteiger partial charge in [-0.2, -0.15) is 0 Å². The molecule has 2 atom stereocenters. The zero-order valence-electron chi connectivity index (χ0n) is 10.2. The monoisotopic (exact) mass is 243 g/mol. The molecule has 92 valence electrons. The number of amides is 1. The second-order valence-electron chi connectivity index (χ2n) is 4.19. The molecule has 4 nitrogen and oxygen atoms in total. The van der Waals surface area contributed by atoms with Gasteiger partial charge in [0.25, 0.3) is 0 Å². The van der Waals surface area contributed by atoms with E-state index in [1.54, 1.807) is 11.8 Å². The van der Waals surface area contributed by atoms with Crippen LogP contribution in [0, 0.1) is 5.92 Å². The molecule has 5 heteroatoms. The van der Waals surface area contributed by atoms with Crippen molar-refractivity contribution >= 4 is 22.8 Å². The van der Waals surface area contributed by atoms with E-state index < -0.39 is 0 Å². The fourth-order valence-electron chi connectivity index (χ4n) is 1.29. The van der Waals surface area contributed by atoms with Crippen molar-refractivity contribution < 1.29 is 4.79 Å². The highest BCUT2D eigenvalue weighted by Crippen LogP contribution is 2.18. The van der Waals surface area contributed by atoms with E-state index in [9.17, 15) is 4.79 Å². The van der Waals surface area contributed by atoms with E-state index in [4.69, 9.17) is 0 Å². The first kappa shape index (κ1) is 13.4. The fraction of sp³-hybridized carbons (Fsp3) is 0.818. The van der Waals surface area contributed by atoms with Crippen molar-refractivity contribution in [3.05, 3.63) is 0 Å². The summed E-state index contributed by atoms with van der Waals surface area (Å²) in [4.78, 5) is 15.6. The van der Waals surface area contributed by atoms with E-state index in [2.05, 4.69) is 29.5 Å². The average molecular weight is 243 g/mol. The van der Waals surface area contributed by atoms with Crippen LogP contribution in [-0.4, -0.2) is 36.0 Å². The molecule has 1 aliphatic heterocycles. The van der Waals surface area contributed by atoms with Crippen LogP contribution in [0.3, 0.4) is 0 Å². The Morgan fingerprint density at radius 2 is 2.38 bits per heavy atom. The molecule has 0 aromatic carbocycles. The lowest BCUT2D eigenvalue weighted by atomic mass is 10.1. The van der Waals surface area contributed by atoms with Crippen LogP contribution in [0.1, 0.15) is 27.2 Å². The van der Waals surface area contributed by atoms with Crippen LogP contribution in [0.25, 0.3) is 0 Å². The molecule has 16 heavy (non-hydrogen) atoms. The van der Waals surface area contributed by atoms with Gasteiger partial charge in [0.05, 0.1) is 0 Å². The van der Waals surface area contributed by atoms with Crippen molar-refractivity contribution in [2.24, 2.45) is 10.9 Å². The molecule has 1 saturated heterocycles. The first-order chi connectivity index (χ1) is 7.63. The van der Waals surface area contributed by atoms with Crippen LogP contribution < -0.4 is 10.6 Å². The summed E-state index contributed by atoms with van der Waals surface area (Å²) in [6.07, 6.45) is 0.962. The highest BCUT2D eigenvalue weighted by molar-refractivity contribution is 8.13. The molecule has 0 spiro atoms. The Labute approximate surface area is 102 Å². The van der Waals surface area contributed by atoms with Gasteiger partial charge in [0.15, 0.2) is 5.17 Å². The van der Waals surface area contributed by atoms with Gasteiger partial charge in [-0.3, -0.25) is 9.79 Å². The van der Waals surface area contributed by atoms with Crippen molar-refractivity contribution in [1.82, 2.24) is 10.6 Å². The van der Waals surface area contributed by atoms with Gasteiger partial charge in [0.1, 0.15) is 6.54 Å². The van der Waals surface area contributed by atoms with Gasteiger partial charge in [-0.1, -0.05) is 25.6 Å². The molecule has 0 radical (unpaired) electrons. The Hall–Kier alpha value is -0.710. The number of aliphatic imine (C=N–C) groups is 1. The maximum absolute atomic E-state index is 11.3. The van der Waals surface area contributed by atoms with Gasteiger partial charge in [0.2, 0.25) is 5.91 Å². The molecular weight excluding hydrogens is 222 g/mol. The fourth-order valence-corrected chi connectivity index (χ4v) is 2.42. The second-order valence-corrected chi connectivity index (χ2v) is 5.20. The summed E-state index contributed by atoms with van der Waals surface area (Å²) in [6, 6.07) is 0.443. The SMILES string of the molecule is CCCNC(=O)CN=C1NC(C)C(C)CS1. The summed E-state index contributed by atoms with van der Waals surface area (Å²) in [5.41, 5.74) is 0. The van der Waals surface area contributed by atoms with Crippen LogP contribution in [0.15, 0.2) is 4.99 Å². The molecule has 0 bridgehead atoms. The number of carbonyl (C=O) groups excluding carboxylic acids is 1. The Kier molecular flexibility index (Phi) is 5.66. The lowest BCUT2D eigenvalue weighted by Gasteiger charge is -2.28. The van der Waals surface area contributed by atoms with Crippen LogP contribution in [0.4, 0.5) is 0 Å². The lowest BCUT2D eigenvalue weighted by molar-refractivity contribution is -0.119. The summed E-state index contributed by atoms with van der Waals surface area (Å²) in [5, 5.41) is 7.02. The van der Waals surface area contributed by atoms with E-state index in [1.807, 2.05) is 6.92 Å². The molecular formula is C11H21N3OS. The van der Waals surface area contributed by atoms with Crippen LogP contribution in [0.5, 0.6) is 0 Å². The number of rotatable bonds is 4. The third-order valence-electron chi connectivity index (χ3n) is 2.63. The van der Waals surface area contributed by atoms with Crippen molar-refractivity contribution in [3.63, 3.8) is 0 Å². The molecule has 1 heterocycles. The number of hydrogen-bond acceptors (Lipinski definition) is 3. The minimum Gasteiger partial charge on any atom is -0.362 e. The Bertz CT molecular complexity index is 268. The molecule has 0 aromatic rings. The molecule has 1 fully saturated rings. The van der Waals surface area contributed by atoms with Crippen LogP contribution in [0.2, 0.25) is 0 Å². The number of thioether (sulfide) groups is 1. The molecule has 2 unspecified atom stereocenters.